The Hall–Kier alpha value is -2.07. The zero-order chi connectivity index (χ0) is 13.7. The highest BCUT2D eigenvalue weighted by Crippen LogP contribution is 2.20. The van der Waals surface area contributed by atoms with Crippen molar-refractivity contribution < 1.29 is 9.53 Å². The Morgan fingerprint density at radius 1 is 1.26 bits per heavy atom. The van der Waals surface area contributed by atoms with Gasteiger partial charge in [0.1, 0.15) is 12.4 Å². The first-order chi connectivity index (χ1) is 9.16. The van der Waals surface area contributed by atoms with Crippen LogP contribution in [0, 0.1) is 0 Å². The Balaban J connectivity index is 1.86. The van der Waals surface area contributed by atoms with Gasteiger partial charge in [0.25, 0.3) is 0 Å². The molecule has 0 spiro atoms. The Morgan fingerprint density at radius 2 is 2.00 bits per heavy atom. The van der Waals surface area contributed by atoms with Crippen LogP contribution in [0.5, 0.6) is 5.75 Å². The van der Waals surface area contributed by atoms with Gasteiger partial charge in [0.2, 0.25) is 5.91 Å². The number of rotatable bonds is 5. The number of ether oxygens (including phenoxy) is 1. The van der Waals surface area contributed by atoms with Crippen LogP contribution in [0.25, 0.3) is 10.8 Å². The lowest BCUT2D eigenvalue weighted by atomic mass is 10.1. The van der Waals surface area contributed by atoms with Crippen LogP contribution in [0.15, 0.2) is 42.5 Å². The van der Waals surface area contributed by atoms with E-state index in [1.54, 1.807) is 6.92 Å². The molecular formula is C15H18N2O2. The van der Waals surface area contributed by atoms with E-state index in [0.29, 0.717) is 13.2 Å². The van der Waals surface area contributed by atoms with E-state index < -0.39 is 6.04 Å². The fourth-order valence-electron chi connectivity index (χ4n) is 1.76. The largest absolute Gasteiger partial charge is 0.492 e. The molecule has 3 N–H and O–H groups in total. The van der Waals surface area contributed by atoms with Gasteiger partial charge in [0.05, 0.1) is 12.6 Å². The summed E-state index contributed by atoms with van der Waals surface area (Å²) in [7, 11) is 0. The molecule has 2 rings (SSSR count). The van der Waals surface area contributed by atoms with Gasteiger partial charge in [0.15, 0.2) is 0 Å². The molecule has 0 unspecified atom stereocenters. The number of hydrogen-bond donors (Lipinski definition) is 2. The molecule has 0 bridgehead atoms. The quantitative estimate of drug-likeness (QED) is 0.802. The highest BCUT2D eigenvalue weighted by Gasteiger charge is 2.05. The number of fused-ring (bicyclic) bond motifs is 1. The lowest BCUT2D eigenvalue weighted by Crippen LogP contribution is -2.40. The van der Waals surface area contributed by atoms with Crippen LogP contribution in [0.2, 0.25) is 0 Å². The maximum absolute atomic E-state index is 11.2. The van der Waals surface area contributed by atoms with Crippen molar-refractivity contribution in [2.45, 2.75) is 13.0 Å². The zero-order valence-electron chi connectivity index (χ0n) is 10.9. The van der Waals surface area contributed by atoms with E-state index in [1.807, 2.05) is 36.4 Å². The summed E-state index contributed by atoms with van der Waals surface area (Å²) in [5.74, 6) is 0.635. The molecule has 0 saturated heterocycles. The normalized spacial score (nSPS) is 12.1. The van der Waals surface area contributed by atoms with Crippen molar-refractivity contribution in [1.29, 1.82) is 0 Å². The first-order valence-electron chi connectivity index (χ1n) is 6.32. The minimum Gasteiger partial charge on any atom is -0.492 e. The number of carbonyl (C=O) groups excluding carboxylic acids is 1. The third-order valence-corrected chi connectivity index (χ3v) is 2.80. The molecule has 0 aliphatic rings. The third-order valence-electron chi connectivity index (χ3n) is 2.80. The molecule has 0 aromatic heterocycles. The summed E-state index contributed by atoms with van der Waals surface area (Å²) in [6.07, 6.45) is 0. The number of hydrogen-bond acceptors (Lipinski definition) is 3. The predicted octanol–water partition coefficient (Wildman–Crippen LogP) is 1.68. The number of carbonyl (C=O) groups is 1. The second-order valence-electron chi connectivity index (χ2n) is 4.44. The van der Waals surface area contributed by atoms with Gasteiger partial charge in [-0.2, -0.15) is 0 Å². The van der Waals surface area contributed by atoms with Crippen LogP contribution in [-0.2, 0) is 4.79 Å². The van der Waals surface area contributed by atoms with Gasteiger partial charge in [-0.15, -0.1) is 0 Å². The maximum atomic E-state index is 11.2. The fraction of sp³-hybridized carbons (Fsp3) is 0.267. The van der Waals surface area contributed by atoms with Crippen molar-refractivity contribution >= 4 is 16.7 Å². The molecule has 2 aromatic rings. The molecule has 100 valence electrons. The summed E-state index contributed by atoms with van der Waals surface area (Å²) >= 11 is 0. The van der Waals surface area contributed by atoms with E-state index in [1.165, 1.54) is 5.39 Å². The second-order valence-corrected chi connectivity index (χ2v) is 4.44. The van der Waals surface area contributed by atoms with Gasteiger partial charge in [-0.25, -0.2) is 0 Å². The Bertz CT molecular complexity index is 567. The minimum atomic E-state index is -0.485. The topological polar surface area (TPSA) is 64.4 Å². The standard InChI is InChI=1S/C15H18N2O2/c1-11(16)15(18)17-8-9-19-14-7-6-12-4-2-3-5-13(12)10-14/h2-7,10-11H,8-9,16H2,1H3,(H,17,18)/t11-/m1/s1. The van der Waals surface area contributed by atoms with Crippen molar-refractivity contribution in [3.8, 4) is 5.75 Å². The number of benzene rings is 2. The van der Waals surface area contributed by atoms with Gasteiger partial charge >= 0.3 is 0 Å². The monoisotopic (exact) mass is 258 g/mol. The van der Waals surface area contributed by atoms with Crippen molar-refractivity contribution in [1.82, 2.24) is 5.32 Å². The molecule has 0 aliphatic heterocycles. The molecule has 1 atom stereocenters. The molecule has 4 heteroatoms. The van der Waals surface area contributed by atoms with Gasteiger partial charge in [-0.05, 0) is 29.8 Å². The summed E-state index contributed by atoms with van der Waals surface area (Å²) in [4.78, 5) is 11.2. The predicted molar refractivity (Wildman–Crippen MR) is 76.1 cm³/mol. The molecule has 0 aliphatic carbocycles. The second kappa shape index (κ2) is 6.20. The SMILES string of the molecule is C[C@@H](N)C(=O)NCCOc1ccc2ccccc2c1. The lowest BCUT2D eigenvalue weighted by molar-refractivity contribution is -0.122. The van der Waals surface area contributed by atoms with Crippen LogP contribution in [0.1, 0.15) is 6.92 Å². The molecule has 2 aromatic carbocycles. The average molecular weight is 258 g/mol. The first-order valence-corrected chi connectivity index (χ1v) is 6.32. The smallest absolute Gasteiger partial charge is 0.236 e. The summed E-state index contributed by atoms with van der Waals surface area (Å²) < 4.78 is 5.59. The molecular weight excluding hydrogens is 240 g/mol. The van der Waals surface area contributed by atoms with Crippen molar-refractivity contribution in [2.75, 3.05) is 13.2 Å². The van der Waals surface area contributed by atoms with E-state index in [-0.39, 0.29) is 5.91 Å². The molecule has 1 amide bonds. The van der Waals surface area contributed by atoms with E-state index in [2.05, 4.69) is 11.4 Å². The van der Waals surface area contributed by atoms with Crippen LogP contribution >= 0.6 is 0 Å². The highest BCUT2D eigenvalue weighted by molar-refractivity contribution is 5.83. The highest BCUT2D eigenvalue weighted by atomic mass is 16.5. The third kappa shape index (κ3) is 3.69. The van der Waals surface area contributed by atoms with Crippen LogP contribution in [0.4, 0.5) is 0 Å². The lowest BCUT2D eigenvalue weighted by Gasteiger charge is -2.09. The summed E-state index contributed by atoms with van der Waals surface area (Å²) in [6, 6.07) is 13.5. The molecule has 0 radical (unpaired) electrons. The first kappa shape index (κ1) is 13.4. The van der Waals surface area contributed by atoms with E-state index in [4.69, 9.17) is 10.5 Å². The van der Waals surface area contributed by atoms with Gasteiger partial charge in [0, 0.05) is 0 Å². The molecule has 0 heterocycles. The van der Waals surface area contributed by atoms with Crippen molar-refractivity contribution in [3.63, 3.8) is 0 Å². The van der Waals surface area contributed by atoms with E-state index >= 15 is 0 Å². The summed E-state index contributed by atoms with van der Waals surface area (Å²) in [5, 5.41) is 5.02. The Kier molecular flexibility index (Phi) is 4.36. The van der Waals surface area contributed by atoms with Gasteiger partial charge in [-0.1, -0.05) is 30.3 Å². The number of nitrogens with one attached hydrogen (secondary N) is 1. The Morgan fingerprint density at radius 3 is 2.74 bits per heavy atom. The van der Waals surface area contributed by atoms with Crippen LogP contribution < -0.4 is 15.8 Å². The summed E-state index contributed by atoms with van der Waals surface area (Å²) in [6.45, 7) is 2.53. The van der Waals surface area contributed by atoms with Crippen molar-refractivity contribution in [2.24, 2.45) is 5.73 Å². The van der Waals surface area contributed by atoms with Crippen molar-refractivity contribution in [3.05, 3.63) is 42.5 Å². The fourth-order valence-corrected chi connectivity index (χ4v) is 1.76. The van der Waals surface area contributed by atoms with Gasteiger partial charge < -0.3 is 15.8 Å². The molecule has 0 fully saturated rings. The number of nitrogens with two attached hydrogens (primary N) is 1. The van der Waals surface area contributed by atoms with Crippen LogP contribution in [-0.4, -0.2) is 25.1 Å². The number of amides is 1. The summed E-state index contributed by atoms with van der Waals surface area (Å²) in [5.41, 5.74) is 5.44. The van der Waals surface area contributed by atoms with E-state index in [9.17, 15) is 4.79 Å². The Labute approximate surface area is 112 Å². The minimum absolute atomic E-state index is 0.165. The zero-order valence-corrected chi connectivity index (χ0v) is 10.9. The average Bonchev–Trinajstić information content (AvgIpc) is 2.43. The van der Waals surface area contributed by atoms with Gasteiger partial charge in [-0.3, -0.25) is 4.79 Å². The molecule has 4 nitrogen and oxygen atoms in total. The molecule has 0 saturated carbocycles. The van der Waals surface area contributed by atoms with Crippen LogP contribution in [0.3, 0.4) is 0 Å². The van der Waals surface area contributed by atoms with E-state index in [0.717, 1.165) is 11.1 Å². The maximum Gasteiger partial charge on any atom is 0.236 e. The molecule has 19 heavy (non-hydrogen) atoms.